The Morgan fingerprint density at radius 3 is 2.28 bits per heavy atom. The lowest BCUT2D eigenvalue weighted by molar-refractivity contribution is -0.131. The van der Waals surface area contributed by atoms with E-state index in [4.69, 9.17) is 4.74 Å². The highest BCUT2D eigenvalue weighted by molar-refractivity contribution is 6.17. The van der Waals surface area contributed by atoms with Crippen molar-refractivity contribution >= 4 is 23.2 Å². The summed E-state index contributed by atoms with van der Waals surface area (Å²) >= 11 is 0. The van der Waals surface area contributed by atoms with Gasteiger partial charge in [0.2, 0.25) is 11.8 Å². The van der Waals surface area contributed by atoms with Gasteiger partial charge in [-0.2, -0.15) is 0 Å². The highest BCUT2D eigenvalue weighted by atomic mass is 16.5. The summed E-state index contributed by atoms with van der Waals surface area (Å²) in [5, 5.41) is 5.70. The first-order valence-corrected chi connectivity index (χ1v) is 8.46. The van der Waals surface area contributed by atoms with E-state index in [2.05, 4.69) is 10.6 Å². The van der Waals surface area contributed by atoms with Gasteiger partial charge in [0, 0.05) is 5.69 Å². The first-order valence-electron chi connectivity index (χ1n) is 8.46. The maximum atomic E-state index is 12.7. The SMILES string of the molecule is CCOc1ccccc1NC(=O)C1(C(=O)Nc2ccc(C)cc2)CC1. The van der Waals surface area contributed by atoms with Crippen LogP contribution in [0.4, 0.5) is 11.4 Å². The fourth-order valence-corrected chi connectivity index (χ4v) is 2.66. The van der Waals surface area contributed by atoms with Crippen molar-refractivity contribution in [1.82, 2.24) is 0 Å². The number of carbonyl (C=O) groups is 2. The van der Waals surface area contributed by atoms with Gasteiger partial charge >= 0.3 is 0 Å². The van der Waals surface area contributed by atoms with E-state index < -0.39 is 5.41 Å². The highest BCUT2D eigenvalue weighted by Gasteiger charge is 2.56. The molecule has 0 aliphatic heterocycles. The largest absolute Gasteiger partial charge is 0.492 e. The standard InChI is InChI=1S/C20H22N2O3/c1-3-25-17-7-5-4-6-16(17)22-19(24)20(12-13-20)18(23)21-15-10-8-14(2)9-11-15/h4-11H,3,12-13H2,1-2H3,(H,21,23)(H,22,24). The van der Waals surface area contributed by atoms with Crippen LogP contribution >= 0.6 is 0 Å². The molecule has 130 valence electrons. The van der Waals surface area contributed by atoms with Crippen molar-refractivity contribution in [3.05, 3.63) is 54.1 Å². The van der Waals surface area contributed by atoms with Crippen molar-refractivity contribution in [2.45, 2.75) is 26.7 Å². The van der Waals surface area contributed by atoms with Crippen LogP contribution in [0.2, 0.25) is 0 Å². The van der Waals surface area contributed by atoms with Crippen LogP contribution in [-0.4, -0.2) is 18.4 Å². The van der Waals surface area contributed by atoms with Gasteiger partial charge in [0.15, 0.2) is 0 Å². The Kier molecular flexibility index (Phi) is 4.74. The smallest absolute Gasteiger partial charge is 0.240 e. The zero-order valence-electron chi connectivity index (χ0n) is 14.5. The number of hydrogen-bond donors (Lipinski definition) is 2. The summed E-state index contributed by atoms with van der Waals surface area (Å²) in [6.07, 6.45) is 1.10. The molecular formula is C20H22N2O3. The molecule has 5 nitrogen and oxygen atoms in total. The van der Waals surface area contributed by atoms with Gasteiger partial charge in [-0.3, -0.25) is 9.59 Å². The third-order valence-corrected chi connectivity index (χ3v) is 4.36. The Bertz CT molecular complexity index is 780. The van der Waals surface area contributed by atoms with Gasteiger partial charge in [-0.25, -0.2) is 0 Å². The predicted octanol–water partition coefficient (Wildman–Crippen LogP) is 3.75. The van der Waals surface area contributed by atoms with E-state index in [9.17, 15) is 9.59 Å². The van der Waals surface area contributed by atoms with Crippen LogP contribution in [0.15, 0.2) is 48.5 Å². The predicted molar refractivity (Wildman–Crippen MR) is 97.7 cm³/mol. The minimum Gasteiger partial charge on any atom is -0.492 e. The third kappa shape index (κ3) is 3.65. The summed E-state index contributed by atoms with van der Waals surface area (Å²) in [7, 11) is 0. The zero-order valence-corrected chi connectivity index (χ0v) is 14.5. The number of rotatable bonds is 6. The Hall–Kier alpha value is -2.82. The molecule has 1 fully saturated rings. The van der Waals surface area contributed by atoms with E-state index >= 15 is 0 Å². The molecule has 0 saturated heterocycles. The highest BCUT2D eigenvalue weighted by Crippen LogP contribution is 2.48. The lowest BCUT2D eigenvalue weighted by Gasteiger charge is -2.17. The second-order valence-electron chi connectivity index (χ2n) is 6.29. The van der Waals surface area contributed by atoms with Gasteiger partial charge in [-0.1, -0.05) is 29.8 Å². The summed E-state index contributed by atoms with van der Waals surface area (Å²) in [6.45, 7) is 4.37. The summed E-state index contributed by atoms with van der Waals surface area (Å²) in [6, 6.07) is 14.8. The molecule has 1 saturated carbocycles. The number of anilines is 2. The fraction of sp³-hybridized carbons (Fsp3) is 0.300. The van der Waals surface area contributed by atoms with Crippen molar-refractivity contribution in [2.24, 2.45) is 5.41 Å². The van der Waals surface area contributed by atoms with E-state index in [0.29, 0.717) is 36.6 Å². The van der Waals surface area contributed by atoms with Crippen LogP contribution in [0.5, 0.6) is 5.75 Å². The van der Waals surface area contributed by atoms with Crippen LogP contribution < -0.4 is 15.4 Å². The van der Waals surface area contributed by atoms with E-state index in [0.717, 1.165) is 5.56 Å². The number of benzene rings is 2. The minimum absolute atomic E-state index is 0.261. The Labute approximate surface area is 147 Å². The maximum Gasteiger partial charge on any atom is 0.240 e. The summed E-state index contributed by atoms with van der Waals surface area (Å²) in [5.74, 6) is 0.0556. The van der Waals surface area contributed by atoms with Crippen molar-refractivity contribution in [1.29, 1.82) is 0 Å². The van der Waals surface area contributed by atoms with E-state index in [1.807, 2.05) is 50.2 Å². The number of carbonyl (C=O) groups excluding carboxylic acids is 2. The average Bonchev–Trinajstić information content (AvgIpc) is 3.41. The summed E-state index contributed by atoms with van der Waals surface area (Å²) in [4.78, 5) is 25.3. The van der Waals surface area contributed by atoms with Gasteiger partial charge in [0.25, 0.3) is 0 Å². The van der Waals surface area contributed by atoms with Gasteiger partial charge in [0.05, 0.1) is 12.3 Å². The Balaban J connectivity index is 1.71. The molecule has 3 rings (SSSR count). The fourth-order valence-electron chi connectivity index (χ4n) is 2.66. The first-order chi connectivity index (χ1) is 12.0. The number of aryl methyl sites for hydroxylation is 1. The molecule has 0 atom stereocenters. The van der Waals surface area contributed by atoms with Crippen LogP contribution in [-0.2, 0) is 9.59 Å². The Morgan fingerprint density at radius 1 is 1.00 bits per heavy atom. The molecule has 0 aromatic heterocycles. The van der Waals surface area contributed by atoms with E-state index in [-0.39, 0.29) is 11.8 Å². The molecule has 0 spiro atoms. The van der Waals surface area contributed by atoms with Crippen LogP contribution in [0.25, 0.3) is 0 Å². The second-order valence-corrected chi connectivity index (χ2v) is 6.29. The van der Waals surface area contributed by atoms with Crippen LogP contribution in [0.1, 0.15) is 25.3 Å². The molecule has 0 bridgehead atoms. The van der Waals surface area contributed by atoms with Crippen LogP contribution in [0, 0.1) is 12.3 Å². The molecule has 2 aromatic rings. The number of hydrogen-bond acceptors (Lipinski definition) is 3. The van der Waals surface area contributed by atoms with Crippen molar-refractivity contribution in [2.75, 3.05) is 17.2 Å². The maximum absolute atomic E-state index is 12.7. The summed E-state index contributed by atoms with van der Waals surface area (Å²) < 4.78 is 5.52. The number of nitrogens with one attached hydrogen (secondary N) is 2. The molecule has 1 aliphatic carbocycles. The topological polar surface area (TPSA) is 67.4 Å². The molecule has 2 aromatic carbocycles. The van der Waals surface area contributed by atoms with Gasteiger partial charge in [-0.15, -0.1) is 0 Å². The molecule has 0 radical (unpaired) electrons. The monoisotopic (exact) mass is 338 g/mol. The molecule has 5 heteroatoms. The van der Waals surface area contributed by atoms with E-state index in [1.54, 1.807) is 12.1 Å². The lowest BCUT2D eigenvalue weighted by Crippen LogP contribution is -2.35. The van der Waals surface area contributed by atoms with Crippen molar-refractivity contribution < 1.29 is 14.3 Å². The molecule has 1 aliphatic rings. The first kappa shape index (κ1) is 17.0. The van der Waals surface area contributed by atoms with Gasteiger partial charge < -0.3 is 15.4 Å². The Morgan fingerprint density at radius 2 is 1.64 bits per heavy atom. The number of amides is 2. The molecular weight excluding hydrogens is 316 g/mol. The molecule has 2 amide bonds. The molecule has 25 heavy (non-hydrogen) atoms. The van der Waals surface area contributed by atoms with Gasteiger partial charge in [0.1, 0.15) is 11.2 Å². The number of para-hydroxylation sites is 2. The number of ether oxygens (including phenoxy) is 1. The average molecular weight is 338 g/mol. The quantitative estimate of drug-likeness (QED) is 0.788. The normalized spacial score (nSPS) is 14.5. The van der Waals surface area contributed by atoms with Crippen molar-refractivity contribution in [3.8, 4) is 5.75 Å². The zero-order chi connectivity index (χ0) is 17.9. The van der Waals surface area contributed by atoms with Crippen molar-refractivity contribution in [3.63, 3.8) is 0 Å². The second kappa shape index (κ2) is 6.97. The summed E-state index contributed by atoms with van der Waals surface area (Å²) in [5.41, 5.74) is 1.40. The molecule has 0 unspecified atom stereocenters. The molecule has 0 heterocycles. The lowest BCUT2D eigenvalue weighted by atomic mass is 10.0. The van der Waals surface area contributed by atoms with Gasteiger partial charge in [-0.05, 0) is 51.0 Å². The van der Waals surface area contributed by atoms with Crippen LogP contribution in [0.3, 0.4) is 0 Å². The third-order valence-electron chi connectivity index (χ3n) is 4.36. The molecule has 2 N–H and O–H groups in total. The van der Waals surface area contributed by atoms with E-state index in [1.165, 1.54) is 0 Å². The minimum atomic E-state index is -0.996.